The number of imidazole rings is 1. The number of hydrogen-bond acceptors (Lipinski definition) is 3. The molecule has 5 heteroatoms. The number of hydrogen-bond donors (Lipinski definition) is 1. The first-order valence-corrected chi connectivity index (χ1v) is 11.9. The molecule has 0 unspecified atom stereocenters. The summed E-state index contributed by atoms with van der Waals surface area (Å²) < 4.78 is 3.43. The zero-order valence-corrected chi connectivity index (χ0v) is 19.2. The lowest BCUT2D eigenvalue weighted by molar-refractivity contribution is 0.376. The second-order valence-electron chi connectivity index (χ2n) is 8.39. The van der Waals surface area contributed by atoms with E-state index in [-0.39, 0.29) is 0 Å². The third kappa shape index (κ3) is 3.42. The van der Waals surface area contributed by atoms with Crippen molar-refractivity contribution in [3.05, 3.63) is 83.5 Å². The van der Waals surface area contributed by atoms with Crippen LogP contribution in [0.15, 0.2) is 83.5 Å². The van der Waals surface area contributed by atoms with Crippen LogP contribution < -0.4 is 5.32 Å². The topological polar surface area (TPSA) is 42.7 Å². The Morgan fingerprint density at radius 1 is 0.844 bits per heavy atom. The van der Waals surface area contributed by atoms with Gasteiger partial charge in [-0.3, -0.25) is 0 Å². The maximum Gasteiger partial charge on any atom is 0.161 e. The van der Waals surface area contributed by atoms with Crippen molar-refractivity contribution in [2.45, 2.75) is 18.9 Å². The van der Waals surface area contributed by atoms with E-state index in [0.717, 1.165) is 58.5 Å². The first-order valence-electron chi connectivity index (χ1n) is 11.1. The van der Waals surface area contributed by atoms with Crippen LogP contribution in [0.4, 0.5) is 0 Å². The van der Waals surface area contributed by atoms with Gasteiger partial charge in [0, 0.05) is 27.8 Å². The molecule has 32 heavy (non-hydrogen) atoms. The summed E-state index contributed by atoms with van der Waals surface area (Å²) >= 11 is 3.64. The maximum absolute atomic E-state index is 5.21. The molecule has 1 aliphatic rings. The second-order valence-corrected chi connectivity index (χ2v) is 9.31. The standard InChI is InChI=1S/C27H23BrN4/c28-22-7-3-6-21(17-22)26-31-25-24(20-9-8-18-4-1-2-5-19(18)16-20)12-15-30-27(25)32(26)23-10-13-29-14-11-23/h1-9,12,15-17,23,29H,10-11,13-14H2. The molecule has 1 N–H and O–H groups in total. The molecular weight excluding hydrogens is 460 g/mol. The Morgan fingerprint density at radius 2 is 1.69 bits per heavy atom. The molecule has 0 aliphatic carbocycles. The zero-order valence-electron chi connectivity index (χ0n) is 17.6. The van der Waals surface area contributed by atoms with Crippen molar-refractivity contribution >= 4 is 37.9 Å². The van der Waals surface area contributed by atoms with Crippen molar-refractivity contribution in [2.75, 3.05) is 13.1 Å². The maximum atomic E-state index is 5.21. The highest BCUT2D eigenvalue weighted by Gasteiger charge is 2.24. The fourth-order valence-electron chi connectivity index (χ4n) is 4.82. The fraction of sp³-hybridized carbons (Fsp3) is 0.185. The molecule has 2 aromatic heterocycles. The van der Waals surface area contributed by atoms with Crippen LogP contribution in [0.3, 0.4) is 0 Å². The molecule has 1 fully saturated rings. The Labute approximate surface area is 195 Å². The Morgan fingerprint density at radius 3 is 2.53 bits per heavy atom. The summed E-state index contributed by atoms with van der Waals surface area (Å²) in [6.07, 6.45) is 4.08. The molecule has 1 saturated heterocycles. The summed E-state index contributed by atoms with van der Waals surface area (Å²) in [6.45, 7) is 2.04. The first-order chi connectivity index (χ1) is 15.8. The Hall–Kier alpha value is -3.02. The number of nitrogens with one attached hydrogen (secondary N) is 1. The molecule has 4 nitrogen and oxygen atoms in total. The molecule has 3 heterocycles. The highest BCUT2D eigenvalue weighted by molar-refractivity contribution is 9.10. The monoisotopic (exact) mass is 482 g/mol. The third-order valence-corrected chi connectivity index (χ3v) is 6.89. The third-order valence-electron chi connectivity index (χ3n) is 6.40. The fourth-order valence-corrected chi connectivity index (χ4v) is 5.22. The summed E-state index contributed by atoms with van der Waals surface area (Å²) in [6, 6.07) is 26.0. The SMILES string of the molecule is Brc1cccc(-c2nc3c(-c4ccc5ccccc5c4)ccnc3n2C2CCNCC2)c1. The minimum atomic E-state index is 0.384. The average Bonchev–Trinajstić information content (AvgIpc) is 3.24. The van der Waals surface area contributed by atoms with E-state index >= 15 is 0 Å². The van der Waals surface area contributed by atoms with Gasteiger partial charge in [0.25, 0.3) is 0 Å². The number of rotatable bonds is 3. The highest BCUT2D eigenvalue weighted by Crippen LogP contribution is 2.36. The molecule has 158 valence electrons. The van der Waals surface area contributed by atoms with Gasteiger partial charge >= 0.3 is 0 Å². The summed E-state index contributed by atoms with van der Waals surface area (Å²) in [5, 5.41) is 5.97. The van der Waals surface area contributed by atoms with Crippen molar-refractivity contribution in [1.82, 2.24) is 19.9 Å². The Balaban J connectivity index is 1.60. The molecule has 0 radical (unpaired) electrons. The molecule has 0 atom stereocenters. The Kier molecular flexibility index (Phi) is 5.01. The number of aromatic nitrogens is 3. The number of nitrogens with zero attached hydrogens (tertiary/aromatic N) is 3. The molecule has 5 aromatic rings. The van der Waals surface area contributed by atoms with Crippen LogP contribution >= 0.6 is 15.9 Å². The lowest BCUT2D eigenvalue weighted by Gasteiger charge is -2.26. The van der Waals surface area contributed by atoms with Gasteiger partial charge in [-0.1, -0.05) is 64.5 Å². The molecule has 0 bridgehead atoms. The van der Waals surface area contributed by atoms with Gasteiger partial charge in [-0.05, 0) is 66.5 Å². The van der Waals surface area contributed by atoms with E-state index in [1.807, 2.05) is 6.20 Å². The number of fused-ring (bicyclic) bond motifs is 2. The lowest BCUT2D eigenvalue weighted by atomic mass is 10.0. The molecule has 3 aromatic carbocycles. The number of pyridine rings is 1. The van der Waals surface area contributed by atoms with E-state index in [1.54, 1.807) is 0 Å². The van der Waals surface area contributed by atoms with E-state index in [9.17, 15) is 0 Å². The van der Waals surface area contributed by atoms with Crippen LogP contribution in [0.5, 0.6) is 0 Å². The smallest absolute Gasteiger partial charge is 0.161 e. The first kappa shape index (κ1) is 19.6. The van der Waals surface area contributed by atoms with Gasteiger partial charge in [0.1, 0.15) is 11.3 Å². The largest absolute Gasteiger partial charge is 0.317 e. The predicted octanol–water partition coefficient (Wildman–Crippen LogP) is 6.61. The van der Waals surface area contributed by atoms with Gasteiger partial charge in [0.2, 0.25) is 0 Å². The number of halogens is 1. The van der Waals surface area contributed by atoms with E-state index in [1.165, 1.54) is 16.3 Å². The van der Waals surface area contributed by atoms with Gasteiger partial charge in [0.15, 0.2) is 5.65 Å². The van der Waals surface area contributed by atoms with Gasteiger partial charge < -0.3 is 9.88 Å². The Bertz CT molecular complexity index is 1430. The van der Waals surface area contributed by atoms with Crippen molar-refractivity contribution in [3.63, 3.8) is 0 Å². The molecule has 0 spiro atoms. The zero-order chi connectivity index (χ0) is 21.5. The van der Waals surface area contributed by atoms with Crippen molar-refractivity contribution in [2.24, 2.45) is 0 Å². The number of piperidine rings is 1. The van der Waals surface area contributed by atoms with Crippen LogP contribution in [-0.2, 0) is 0 Å². The normalized spacial score (nSPS) is 14.9. The lowest BCUT2D eigenvalue weighted by Crippen LogP contribution is -2.29. The quantitative estimate of drug-likeness (QED) is 0.314. The van der Waals surface area contributed by atoms with Crippen LogP contribution in [0.25, 0.3) is 44.5 Å². The molecule has 0 saturated carbocycles. The molecule has 0 amide bonds. The van der Waals surface area contributed by atoms with E-state index in [2.05, 4.69) is 98.6 Å². The predicted molar refractivity (Wildman–Crippen MR) is 135 cm³/mol. The minimum Gasteiger partial charge on any atom is -0.317 e. The number of benzene rings is 3. The second kappa shape index (κ2) is 8.15. The van der Waals surface area contributed by atoms with Gasteiger partial charge in [-0.2, -0.15) is 0 Å². The molecular formula is C27H23BrN4. The van der Waals surface area contributed by atoms with Crippen LogP contribution in [0.2, 0.25) is 0 Å². The molecule has 1 aliphatic heterocycles. The van der Waals surface area contributed by atoms with Crippen molar-refractivity contribution in [1.29, 1.82) is 0 Å². The van der Waals surface area contributed by atoms with Gasteiger partial charge in [-0.25, -0.2) is 9.97 Å². The van der Waals surface area contributed by atoms with Crippen LogP contribution in [-0.4, -0.2) is 27.6 Å². The molecule has 6 rings (SSSR count). The van der Waals surface area contributed by atoms with Gasteiger partial charge in [-0.15, -0.1) is 0 Å². The van der Waals surface area contributed by atoms with Crippen LogP contribution in [0, 0.1) is 0 Å². The highest BCUT2D eigenvalue weighted by atomic mass is 79.9. The minimum absolute atomic E-state index is 0.384. The van der Waals surface area contributed by atoms with E-state index in [4.69, 9.17) is 9.97 Å². The average molecular weight is 483 g/mol. The van der Waals surface area contributed by atoms with E-state index < -0.39 is 0 Å². The summed E-state index contributed by atoms with van der Waals surface area (Å²) in [5.74, 6) is 0.994. The van der Waals surface area contributed by atoms with E-state index in [0.29, 0.717) is 6.04 Å². The van der Waals surface area contributed by atoms with Crippen molar-refractivity contribution in [3.8, 4) is 22.5 Å². The summed E-state index contributed by atoms with van der Waals surface area (Å²) in [7, 11) is 0. The summed E-state index contributed by atoms with van der Waals surface area (Å²) in [4.78, 5) is 10.1. The van der Waals surface area contributed by atoms with Crippen molar-refractivity contribution < 1.29 is 0 Å². The summed E-state index contributed by atoms with van der Waals surface area (Å²) in [5.41, 5.74) is 5.35. The van der Waals surface area contributed by atoms with Crippen LogP contribution in [0.1, 0.15) is 18.9 Å². The van der Waals surface area contributed by atoms with Gasteiger partial charge in [0.05, 0.1) is 0 Å².